The maximum absolute atomic E-state index is 10.6. The number of pyridine rings is 1. The van der Waals surface area contributed by atoms with Crippen molar-refractivity contribution in [3.63, 3.8) is 0 Å². The zero-order chi connectivity index (χ0) is 12.3. The molecule has 1 atom stereocenters. The second-order valence-corrected chi connectivity index (χ2v) is 4.21. The van der Waals surface area contributed by atoms with Crippen LogP contribution in [0.2, 0.25) is 0 Å². The Morgan fingerprint density at radius 1 is 1.71 bits per heavy atom. The molecule has 0 saturated carbocycles. The molecule has 1 aliphatic rings. The summed E-state index contributed by atoms with van der Waals surface area (Å²) < 4.78 is 0. The lowest BCUT2D eigenvalue weighted by Gasteiger charge is -2.17. The molecule has 0 aliphatic carbocycles. The number of nitrogens with zero attached hydrogens (tertiary/aromatic N) is 3. The molecule has 1 N–H and O–H groups in total. The van der Waals surface area contributed by atoms with Gasteiger partial charge in [-0.05, 0) is 24.5 Å². The van der Waals surface area contributed by atoms with Gasteiger partial charge in [-0.1, -0.05) is 0 Å². The first-order valence-electron chi connectivity index (χ1n) is 5.52. The minimum atomic E-state index is -0.754. The third-order valence-corrected chi connectivity index (χ3v) is 2.95. The van der Waals surface area contributed by atoms with Crippen LogP contribution in [0.25, 0.3) is 0 Å². The summed E-state index contributed by atoms with van der Waals surface area (Å²) in [6, 6.07) is 5.47. The first-order chi connectivity index (χ1) is 8.19. The van der Waals surface area contributed by atoms with Gasteiger partial charge < -0.3 is 10.0 Å². The van der Waals surface area contributed by atoms with E-state index in [0.717, 1.165) is 18.8 Å². The Morgan fingerprint density at radius 3 is 3.24 bits per heavy atom. The number of rotatable bonds is 3. The molecule has 17 heavy (non-hydrogen) atoms. The van der Waals surface area contributed by atoms with E-state index in [9.17, 15) is 4.79 Å². The summed E-state index contributed by atoms with van der Waals surface area (Å²) in [5, 5.41) is 17.5. The number of carboxylic acids is 1. The fourth-order valence-corrected chi connectivity index (χ4v) is 2.12. The zero-order valence-corrected chi connectivity index (χ0v) is 9.33. The summed E-state index contributed by atoms with van der Waals surface area (Å²) in [6.45, 7) is 1.51. The predicted octanol–water partition coefficient (Wildman–Crippen LogP) is 1.25. The largest absolute Gasteiger partial charge is 0.481 e. The number of nitriles is 1. The van der Waals surface area contributed by atoms with Crippen LogP contribution in [0.5, 0.6) is 0 Å². The van der Waals surface area contributed by atoms with E-state index in [1.165, 1.54) is 0 Å². The first-order valence-corrected chi connectivity index (χ1v) is 5.52. The predicted molar refractivity (Wildman–Crippen MR) is 61.5 cm³/mol. The van der Waals surface area contributed by atoms with Crippen LogP contribution in [0.15, 0.2) is 18.3 Å². The van der Waals surface area contributed by atoms with Crippen LogP contribution in [0.1, 0.15) is 18.4 Å². The lowest BCUT2D eigenvalue weighted by Crippen LogP contribution is -2.21. The van der Waals surface area contributed by atoms with Gasteiger partial charge in [0.05, 0.1) is 11.6 Å². The van der Waals surface area contributed by atoms with Crippen LogP contribution in [0, 0.1) is 17.2 Å². The molecule has 1 saturated heterocycles. The maximum Gasteiger partial charge on any atom is 0.303 e. The zero-order valence-electron chi connectivity index (χ0n) is 9.33. The smallest absolute Gasteiger partial charge is 0.303 e. The molecule has 2 rings (SSSR count). The van der Waals surface area contributed by atoms with Gasteiger partial charge >= 0.3 is 5.97 Å². The molecule has 1 aromatic heterocycles. The maximum atomic E-state index is 10.6. The van der Waals surface area contributed by atoms with Crippen molar-refractivity contribution < 1.29 is 9.90 Å². The van der Waals surface area contributed by atoms with E-state index in [-0.39, 0.29) is 12.3 Å². The van der Waals surface area contributed by atoms with Crippen molar-refractivity contribution in [3.8, 4) is 6.07 Å². The molecular formula is C12H13N3O2. The number of aliphatic carboxylic acids is 1. The molecule has 0 bridgehead atoms. The molecule has 1 fully saturated rings. The fourth-order valence-electron chi connectivity index (χ4n) is 2.12. The highest BCUT2D eigenvalue weighted by molar-refractivity contribution is 5.67. The number of aromatic nitrogens is 1. The van der Waals surface area contributed by atoms with Crippen molar-refractivity contribution in [1.82, 2.24) is 4.98 Å². The first kappa shape index (κ1) is 11.4. The molecule has 1 unspecified atom stereocenters. The lowest BCUT2D eigenvalue weighted by atomic mass is 10.1. The molecule has 0 aromatic carbocycles. The summed E-state index contributed by atoms with van der Waals surface area (Å²) in [5.41, 5.74) is 0.580. The summed E-state index contributed by atoms with van der Waals surface area (Å²) in [5.74, 6) is 0.188. The average molecular weight is 231 g/mol. The second-order valence-electron chi connectivity index (χ2n) is 4.21. The number of anilines is 1. The third-order valence-electron chi connectivity index (χ3n) is 2.95. The Hall–Kier alpha value is -2.09. The molecule has 1 aromatic rings. The summed E-state index contributed by atoms with van der Waals surface area (Å²) in [6.07, 6.45) is 2.68. The topological polar surface area (TPSA) is 77.2 Å². The summed E-state index contributed by atoms with van der Waals surface area (Å²) >= 11 is 0. The van der Waals surface area contributed by atoms with E-state index in [1.807, 2.05) is 4.90 Å². The van der Waals surface area contributed by atoms with Crippen LogP contribution < -0.4 is 4.90 Å². The Labute approximate surface area is 99.3 Å². The molecular weight excluding hydrogens is 218 g/mol. The number of hydrogen-bond donors (Lipinski definition) is 1. The normalized spacial score (nSPS) is 19.0. The van der Waals surface area contributed by atoms with Crippen molar-refractivity contribution in [2.75, 3.05) is 18.0 Å². The second kappa shape index (κ2) is 4.83. The molecule has 1 aliphatic heterocycles. The van der Waals surface area contributed by atoms with E-state index < -0.39 is 5.97 Å². The van der Waals surface area contributed by atoms with Crippen molar-refractivity contribution in [1.29, 1.82) is 5.26 Å². The molecule has 5 nitrogen and oxygen atoms in total. The molecule has 2 heterocycles. The monoisotopic (exact) mass is 231 g/mol. The van der Waals surface area contributed by atoms with Gasteiger partial charge in [0.2, 0.25) is 0 Å². The van der Waals surface area contributed by atoms with E-state index in [4.69, 9.17) is 10.4 Å². The van der Waals surface area contributed by atoms with Gasteiger partial charge in [-0.2, -0.15) is 5.26 Å². The van der Waals surface area contributed by atoms with Gasteiger partial charge in [0, 0.05) is 25.7 Å². The minimum absolute atomic E-state index is 0.181. The van der Waals surface area contributed by atoms with Gasteiger partial charge in [-0.25, -0.2) is 4.98 Å². The van der Waals surface area contributed by atoms with Gasteiger partial charge in [-0.3, -0.25) is 4.79 Å². The Kier molecular flexibility index (Phi) is 3.24. The van der Waals surface area contributed by atoms with E-state index in [1.54, 1.807) is 18.3 Å². The highest BCUT2D eigenvalue weighted by atomic mass is 16.4. The van der Waals surface area contributed by atoms with Crippen molar-refractivity contribution in [2.45, 2.75) is 12.8 Å². The minimum Gasteiger partial charge on any atom is -0.481 e. The number of hydrogen-bond acceptors (Lipinski definition) is 4. The van der Waals surface area contributed by atoms with Crippen molar-refractivity contribution in [2.24, 2.45) is 5.92 Å². The Morgan fingerprint density at radius 2 is 2.53 bits per heavy atom. The van der Waals surface area contributed by atoms with Crippen LogP contribution in [-0.2, 0) is 4.79 Å². The number of carbonyl (C=O) groups is 1. The van der Waals surface area contributed by atoms with Crippen LogP contribution in [-0.4, -0.2) is 29.1 Å². The van der Waals surface area contributed by atoms with Crippen LogP contribution in [0.4, 0.5) is 5.82 Å². The van der Waals surface area contributed by atoms with Crippen LogP contribution >= 0.6 is 0 Å². The van der Waals surface area contributed by atoms with Gasteiger partial charge in [0.1, 0.15) is 5.82 Å². The fraction of sp³-hybridized carbons (Fsp3) is 0.417. The standard InChI is InChI=1S/C12H13N3O2/c13-7-9-1-3-14-11(5-9)15-4-2-10(8-15)6-12(16)17/h1,3,5,10H,2,4,6,8H2,(H,16,17). The molecule has 0 amide bonds. The molecule has 0 radical (unpaired) electrons. The Bertz CT molecular complexity index is 467. The van der Waals surface area contributed by atoms with Gasteiger partial charge in [0.15, 0.2) is 0 Å². The molecule has 88 valence electrons. The molecule has 5 heteroatoms. The van der Waals surface area contributed by atoms with E-state index in [0.29, 0.717) is 12.1 Å². The number of carboxylic acid groups (broad SMARTS) is 1. The highest BCUT2D eigenvalue weighted by Gasteiger charge is 2.25. The highest BCUT2D eigenvalue weighted by Crippen LogP contribution is 2.24. The summed E-state index contributed by atoms with van der Waals surface area (Å²) in [4.78, 5) is 16.9. The Balaban J connectivity index is 2.05. The van der Waals surface area contributed by atoms with Crippen molar-refractivity contribution >= 4 is 11.8 Å². The van der Waals surface area contributed by atoms with E-state index in [2.05, 4.69) is 11.1 Å². The van der Waals surface area contributed by atoms with Crippen molar-refractivity contribution in [3.05, 3.63) is 23.9 Å². The lowest BCUT2D eigenvalue weighted by molar-refractivity contribution is -0.137. The van der Waals surface area contributed by atoms with Crippen LogP contribution in [0.3, 0.4) is 0 Å². The molecule has 0 spiro atoms. The third kappa shape index (κ3) is 2.72. The average Bonchev–Trinajstić information content (AvgIpc) is 2.77. The summed E-state index contributed by atoms with van der Waals surface area (Å²) in [7, 11) is 0. The van der Waals surface area contributed by atoms with Gasteiger partial charge in [0.25, 0.3) is 0 Å². The van der Waals surface area contributed by atoms with E-state index >= 15 is 0 Å². The quantitative estimate of drug-likeness (QED) is 0.847. The van der Waals surface area contributed by atoms with Gasteiger partial charge in [-0.15, -0.1) is 0 Å². The SMILES string of the molecule is N#Cc1ccnc(N2CCC(CC(=O)O)C2)c1.